The zero-order chi connectivity index (χ0) is 24.5. The van der Waals surface area contributed by atoms with Gasteiger partial charge in [0.05, 0.1) is 13.2 Å². The van der Waals surface area contributed by atoms with Crippen molar-refractivity contribution in [3.8, 4) is 17.6 Å². The molecule has 3 fully saturated rings. The summed E-state index contributed by atoms with van der Waals surface area (Å²) in [5, 5.41) is 11.7. The molecule has 1 heterocycles. The van der Waals surface area contributed by atoms with Crippen molar-refractivity contribution >= 4 is 5.97 Å². The van der Waals surface area contributed by atoms with E-state index in [2.05, 4.69) is 37.0 Å². The van der Waals surface area contributed by atoms with E-state index in [4.69, 9.17) is 14.2 Å². The van der Waals surface area contributed by atoms with Crippen molar-refractivity contribution in [2.75, 3.05) is 13.2 Å². The standard InChI is InChI=1S/C30H40O5/c1-21(31)33-18-6-3-5-15-30(32)17-14-27-26-11-9-22-20-23(35-28-8-4-7-19-34-28)10-12-24(22)25(26)13-16-29(27,30)2/h10,12,20,25-28,32H,3-4,6-9,11,13-14,16-19H2,1-2H3/t25-,26-,27+,28?,29+,30+/m1/s1. The number of unbranched alkanes of at least 4 members (excludes halogenated alkanes) is 1. The quantitative estimate of drug-likeness (QED) is 0.341. The number of ether oxygens (including phenoxy) is 3. The Bertz CT molecular complexity index is 986. The highest BCUT2D eigenvalue weighted by Gasteiger charge is 2.61. The first kappa shape index (κ1) is 24.7. The summed E-state index contributed by atoms with van der Waals surface area (Å²) < 4.78 is 16.9. The second-order valence-corrected chi connectivity index (χ2v) is 11.3. The highest BCUT2D eigenvalue weighted by molar-refractivity contribution is 5.65. The molecule has 5 rings (SSSR count). The van der Waals surface area contributed by atoms with E-state index >= 15 is 0 Å². The van der Waals surface area contributed by atoms with Gasteiger partial charge in [0.2, 0.25) is 0 Å². The molecule has 1 saturated heterocycles. The maximum absolute atomic E-state index is 11.7. The molecule has 5 nitrogen and oxygen atoms in total. The van der Waals surface area contributed by atoms with Crippen LogP contribution in [0.25, 0.3) is 0 Å². The van der Waals surface area contributed by atoms with Crippen LogP contribution >= 0.6 is 0 Å². The highest BCUT2D eigenvalue weighted by Crippen LogP contribution is 2.64. The fraction of sp³-hybridized carbons (Fsp3) is 0.700. The van der Waals surface area contributed by atoms with Gasteiger partial charge < -0.3 is 19.3 Å². The van der Waals surface area contributed by atoms with Crippen LogP contribution in [-0.4, -0.2) is 36.2 Å². The van der Waals surface area contributed by atoms with Gasteiger partial charge in [-0.2, -0.15) is 0 Å². The van der Waals surface area contributed by atoms with Crippen molar-refractivity contribution in [3.63, 3.8) is 0 Å². The molecule has 0 spiro atoms. The van der Waals surface area contributed by atoms with Crippen molar-refractivity contribution in [1.29, 1.82) is 0 Å². The fourth-order valence-corrected chi connectivity index (χ4v) is 7.39. The van der Waals surface area contributed by atoms with Crippen molar-refractivity contribution in [2.24, 2.45) is 17.3 Å². The predicted octanol–water partition coefficient (Wildman–Crippen LogP) is 5.53. The monoisotopic (exact) mass is 480 g/mol. The Morgan fingerprint density at radius 2 is 2.09 bits per heavy atom. The largest absolute Gasteiger partial charge is 0.466 e. The van der Waals surface area contributed by atoms with Crippen molar-refractivity contribution in [1.82, 2.24) is 0 Å². The number of fused-ring (bicyclic) bond motifs is 5. The van der Waals surface area contributed by atoms with E-state index in [0.29, 0.717) is 37.2 Å². The van der Waals surface area contributed by atoms with E-state index in [-0.39, 0.29) is 17.7 Å². The molecular weight excluding hydrogens is 440 g/mol. The topological polar surface area (TPSA) is 65.0 Å². The third-order valence-corrected chi connectivity index (χ3v) is 9.30. The number of benzene rings is 1. The maximum Gasteiger partial charge on any atom is 0.302 e. The zero-order valence-corrected chi connectivity index (χ0v) is 21.3. The van der Waals surface area contributed by atoms with Crippen LogP contribution in [0.15, 0.2) is 18.2 Å². The minimum atomic E-state index is -0.915. The molecular formula is C30H40O5. The maximum atomic E-state index is 11.7. The summed E-state index contributed by atoms with van der Waals surface area (Å²) in [5.41, 5.74) is 1.86. The number of rotatable bonds is 5. The van der Waals surface area contributed by atoms with Gasteiger partial charge >= 0.3 is 5.97 Å². The molecule has 3 aliphatic carbocycles. The summed E-state index contributed by atoms with van der Waals surface area (Å²) in [7, 11) is 0. The second kappa shape index (κ2) is 10.1. The average Bonchev–Trinajstić information content (AvgIpc) is 3.12. The molecule has 4 aliphatic rings. The first-order valence-corrected chi connectivity index (χ1v) is 13.7. The smallest absolute Gasteiger partial charge is 0.302 e. The molecule has 1 aliphatic heterocycles. The van der Waals surface area contributed by atoms with Crippen LogP contribution in [0.5, 0.6) is 5.75 Å². The summed E-state index contributed by atoms with van der Waals surface area (Å²) in [6.45, 7) is 4.90. The van der Waals surface area contributed by atoms with Crippen LogP contribution in [0.4, 0.5) is 0 Å². The third-order valence-electron chi connectivity index (χ3n) is 9.30. The van der Waals surface area contributed by atoms with Gasteiger partial charge in [-0.15, -0.1) is 5.92 Å². The van der Waals surface area contributed by atoms with E-state index in [0.717, 1.165) is 57.3 Å². The molecule has 2 saturated carbocycles. The van der Waals surface area contributed by atoms with Gasteiger partial charge in [-0.3, -0.25) is 4.79 Å². The molecule has 6 atom stereocenters. The first-order valence-electron chi connectivity index (χ1n) is 13.7. The molecule has 1 N–H and O–H groups in total. The van der Waals surface area contributed by atoms with Gasteiger partial charge in [-0.05, 0) is 98.8 Å². The lowest BCUT2D eigenvalue weighted by Gasteiger charge is -2.52. The van der Waals surface area contributed by atoms with E-state index in [1.165, 1.54) is 30.9 Å². The van der Waals surface area contributed by atoms with Gasteiger partial charge in [-0.1, -0.05) is 18.9 Å². The Balaban J connectivity index is 1.25. The molecule has 0 amide bonds. The van der Waals surface area contributed by atoms with Crippen LogP contribution in [0.3, 0.4) is 0 Å². The van der Waals surface area contributed by atoms with Crippen molar-refractivity contribution in [2.45, 2.75) is 102 Å². The molecule has 0 bridgehead atoms. The van der Waals surface area contributed by atoms with Gasteiger partial charge in [0, 0.05) is 25.2 Å². The fourth-order valence-electron chi connectivity index (χ4n) is 7.39. The molecule has 0 aromatic heterocycles. The Morgan fingerprint density at radius 3 is 2.89 bits per heavy atom. The Morgan fingerprint density at radius 1 is 1.20 bits per heavy atom. The molecule has 1 unspecified atom stereocenters. The van der Waals surface area contributed by atoms with Gasteiger partial charge in [0.1, 0.15) is 11.4 Å². The minimum absolute atomic E-state index is 0.104. The Kier molecular flexibility index (Phi) is 7.15. The number of aryl methyl sites for hydroxylation is 1. The lowest BCUT2D eigenvalue weighted by atomic mass is 9.53. The number of esters is 1. The molecule has 1 aromatic rings. The number of carbonyl (C=O) groups excluding carboxylic acids is 1. The Hall–Kier alpha value is -2.03. The zero-order valence-electron chi connectivity index (χ0n) is 21.3. The third kappa shape index (κ3) is 4.85. The van der Waals surface area contributed by atoms with Crippen LogP contribution in [-0.2, 0) is 20.7 Å². The lowest BCUT2D eigenvalue weighted by Crippen LogP contribution is -2.50. The lowest BCUT2D eigenvalue weighted by molar-refractivity contribution is -0.141. The molecule has 1 aromatic carbocycles. The molecule has 5 heteroatoms. The summed E-state index contributed by atoms with van der Waals surface area (Å²) in [4.78, 5) is 10.9. The average molecular weight is 481 g/mol. The molecule has 35 heavy (non-hydrogen) atoms. The number of hydrogen-bond donors (Lipinski definition) is 1. The highest BCUT2D eigenvalue weighted by atomic mass is 16.7. The second-order valence-electron chi connectivity index (χ2n) is 11.3. The number of carbonyl (C=O) groups is 1. The normalized spacial score (nSPS) is 35.6. The van der Waals surface area contributed by atoms with E-state index in [1.807, 2.05) is 0 Å². The van der Waals surface area contributed by atoms with Crippen molar-refractivity contribution in [3.05, 3.63) is 29.3 Å². The first-order chi connectivity index (χ1) is 16.9. The summed E-state index contributed by atoms with van der Waals surface area (Å²) >= 11 is 0. The van der Waals surface area contributed by atoms with Crippen molar-refractivity contribution < 1.29 is 24.1 Å². The van der Waals surface area contributed by atoms with E-state index in [9.17, 15) is 9.90 Å². The predicted molar refractivity (Wildman–Crippen MR) is 134 cm³/mol. The van der Waals surface area contributed by atoms with E-state index in [1.54, 1.807) is 0 Å². The summed E-state index contributed by atoms with van der Waals surface area (Å²) in [5.74, 6) is 8.85. The minimum Gasteiger partial charge on any atom is -0.466 e. The number of hydrogen-bond acceptors (Lipinski definition) is 5. The van der Waals surface area contributed by atoms with Crippen LogP contribution in [0, 0.1) is 29.1 Å². The Labute approximate surface area is 209 Å². The molecule has 0 radical (unpaired) electrons. The van der Waals surface area contributed by atoms with E-state index < -0.39 is 5.60 Å². The van der Waals surface area contributed by atoms with Crippen LogP contribution < -0.4 is 4.74 Å². The van der Waals surface area contributed by atoms with Crippen LogP contribution in [0.1, 0.15) is 95.1 Å². The molecule has 190 valence electrons. The van der Waals surface area contributed by atoms with Gasteiger partial charge in [-0.25, -0.2) is 0 Å². The summed E-state index contributed by atoms with van der Waals surface area (Å²) in [6.07, 6.45) is 10.7. The van der Waals surface area contributed by atoms with Gasteiger partial charge in [0.25, 0.3) is 0 Å². The van der Waals surface area contributed by atoms with Gasteiger partial charge in [0.15, 0.2) is 6.29 Å². The number of aliphatic hydroxyl groups is 1. The van der Waals surface area contributed by atoms with Crippen LogP contribution in [0.2, 0.25) is 0 Å². The summed E-state index contributed by atoms with van der Waals surface area (Å²) in [6, 6.07) is 6.69. The SMILES string of the molecule is CC(=O)OCCCC#C[C@]1(O)CC[C@H]2[C@@H]3CCc4cc(OC5CCCCO5)ccc4[C@H]3CC[C@@]21C.